The molecule has 1 aromatic carbocycles. The Morgan fingerprint density at radius 3 is 3.00 bits per heavy atom. The highest BCUT2D eigenvalue weighted by molar-refractivity contribution is 9.10. The maximum atomic E-state index is 13.5. The Kier molecular flexibility index (Phi) is 4.72. The molecule has 1 aromatic rings. The highest BCUT2D eigenvalue weighted by Gasteiger charge is 2.31. The molecule has 18 heavy (non-hydrogen) atoms. The van der Waals surface area contributed by atoms with E-state index in [4.69, 9.17) is 10.6 Å². The summed E-state index contributed by atoms with van der Waals surface area (Å²) in [6.45, 7) is 2.83. The molecule has 3 nitrogen and oxygen atoms in total. The van der Waals surface area contributed by atoms with Crippen LogP contribution in [0.1, 0.15) is 18.9 Å². The van der Waals surface area contributed by atoms with Crippen LogP contribution in [0.3, 0.4) is 0 Å². The molecule has 0 spiro atoms. The van der Waals surface area contributed by atoms with Crippen LogP contribution in [-0.4, -0.2) is 18.8 Å². The number of hydrazine groups is 1. The minimum Gasteiger partial charge on any atom is -0.378 e. The monoisotopic (exact) mass is 316 g/mol. The van der Waals surface area contributed by atoms with Crippen molar-refractivity contribution in [3.63, 3.8) is 0 Å². The molecular weight excluding hydrogens is 299 g/mol. The van der Waals surface area contributed by atoms with Gasteiger partial charge in [-0.15, -0.1) is 0 Å². The van der Waals surface area contributed by atoms with Crippen molar-refractivity contribution in [2.24, 2.45) is 11.8 Å². The second-order valence-electron chi connectivity index (χ2n) is 4.72. The van der Waals surface area contributed by atoms with Gasteiger partial charge in [0.1, 0.15) is 5.82 Å². The molecule has 5 heteroatoms. The van der Waals surface area contributed by atoms with Gasteiger partial charge in [-0.3, -0.25) is 11.3 Å². The summed E-state index contributed by atoms with van der Waals surface area (Å²) in [4.78, 5) is 0. The number of hydrogen-bond donors (Lipinski definition) is 2. The molecular formula is C13H18BrFN2O. The fourth-order valence-electron chi connectivity index (χ4n) is 2.55. The normalized spacial score (nSPS) is 25.3. The Bertz CT molecular complexity index is 416. The van der Waals surface area contributed by atoms with Gasteiger partial charge in [-0.05, 0) is 47.3 Å². The zero-order chi connectivity index (χ0) is 13.1. The molecule has 1 heterocycles. The van der Waals surface area contributed by atoms with Crippen molar-refractivity contribution in [2.45, 2.75) is 31.9 Å². The van der Waals surface area contributed by atoms with Gasteiger partial charge in [0.05, 0.1) is 10.6 Å². The first-order chi connectivity index (χ1) is 8.63. The van der Waals surface area contributed by atoms with E-state index in [1.807, 2.05) is 6.07 Å². The average molecular weight is 317 g/mol. The van der Waals surface area contributed by atoms with E-state index >= 15 is 0 Å². The number of nitrogens with two attached hydrogens (primary N) is 1. The van der Waals surface area contributed by atoms with Crippen LogP contribution in [0.4, 0.5) is 4.39 Å². The summed E-state index contributed by atoms with van der Waals surface area (Å²) in [5.41, 5.74) is 3.77. The third-order valence-electron chi connectivity index (χ3n) is 3.64. The van der Waals surface area contributed by atoms with Crippen molar-refractivity contribution >= 4 is 15.9 Å². The van der Waals surface area contributed by atoms with E-state index in [1.54, 1.807) is 6.07 Å². The summed E-state index contributed by atoms with van der Waals surface area (Å²) in [6.07, 6.45) is 1.87. The van der Waals surface area contributed by atoms with Crippen LogP contribution in [0.15, 0.2) is 22.7 Å². The van der Waals surface area contributed by atoms with E-state index in [9.17, 15) is 4.39 Å². The standard InChI is InChI=1S/C13H18BrFN2O/c1-8-10(5-6-18-8)12(17-16)7-9-3-2-4-11(15)13(9)14/h2-4,8,10,12,17H,5-7,16H2,1H3. The van der Waals surface area contributed by atoms with Gasteiger partial charge in [-0.25, -0.2) is 4.39 Å². The highest BCUT2D eigenvalue weighted by Crippen LogP contribution is 2.28. The van der Waals surface area contributed by atoms with Crippen LogP contribution < -0.4 is 11.3 Å². The lowest BCUT2D eigenvalue weighted by Gasteiger charge is -2.25. The van der Waals surface area contributed by atoms with Gasteiger partial charge in [0, 0.05) is 18.6 Å². The maximum absolute atomic E-state index is 13.5. The van der Waals surface area contributed by atoms with Crippen molar-refractivity contribution in [1.29, 1.82) is 0 Å². The Morgan fingerprint density at radius 2 is 2.39 bits per heavy atom. The van der Waals surface area contributed by atoms with Crippen molar-refractivity contribution in [1.82, 2.24) is 5.43 Å². The van der Waals surface area contributed by atoms with Gasteiger partial charge in [0.25, 0.3) is 0 Å². The second-order valence-corrected chi connectivity index (χ2v) is 5.51. The van der Waals surface area contributed by atoms with Crippen LogP contribution in [-0.2, 0) is 11.2 Å². The van der Waals surface area contributed by atoms with Gasteiger partial charge >= 0.3 is 0 Å². The maximum Gasteiger partial charge on any atom is 0.137 e. The molecule has 0 bridgehead atoms. The average Bonchev–Trinajstić information content (AvgIpc) is 2.77. The molecule has 1 aliphatic heterocycles. The Labute approximate surface area is 115 Å². The number of nitrogens with one attached hydrogen (secondary N) is 1. The first-order valence-electron chi connectivity index (χ1n) is 6.14. The smallest absolute Gasteiger partial charge is 0.137 e. The van der Waals surface area contributed by atoms with Crippen LogP contribution in [0.25, 0.3) is 0 Å². The first kappa shape index (κ1) is 13.9. The molecule has 1 fully saturated rings. The van der Waals surface area contributed by atoms with Crippen LogP contribution in [0.5, 0.6) is 0 Å². The van der Waals surface area contributed by atoms with E-state index < -0.39 is 0 Å². The summed E-state index contributed by atoms with van der Waals surface area (Å²) < 4.78 is 19.5. The predicted molar refractivity (Wildman–Crippen MR) is 72.4 cm³/mol. The summed E-state index contributed by atoms with van der Waals surface area (Å²) in [6, 6.07) is 5.18. The molecule has 0 saturated carbocycles. The topological polar surface area (TPSA) is 47.3 Å². The van der Waals surface area contributed by atoms with Gasteiger partial charge in [-0.2, -0.15) is 0 Å². The molecule has 1 saturated heterocycles. The molecule has 0 radical (unpaired) electrons. The minimum atomic E-state index is -0.237. The molecule has 100 valence electrons. The Hall–Kier alpha value is -0.490. The number of hydrogen-bond acceptors (Lipinski definition) is 3. The lowest BCUT2D eigenvalue weighted by atomic mass is 9.89. The van der Waals surface area contributed by atoms with Crippen LogP contribution in [0, 0.1) is 11.7 Å². The number of rotatable bonds is 4. The fourth-order valence-corrected chi connectivity index (χ4v) is 2.98. The quantitative estimate of drug-likeness (QED) is 0.662. The lowest BCUT2D eigenvalue weighted by molar-refractivity contribution is 0.0953. The van der Waals surface area contributed by atoms with Crippen molar-refractivity contribution < 1.29 is 9.13 Å². The van der Waals surface area contributed by atoms with Gasteiger partial charge in [-0.1, -0.05) is 12.1 Å². The van der Waals surface area contributed by atoms with Crippen molar-refractivity contribution in [2.75, 3.05) is 6.61 Å². The Balaban J connectivity index is 2.12. The number of ether oxygens (including phenoxy) is 1. The predicted octanol–water partition coefficient (Wildman–Crippen LogP) is 2.39. The van der Waals surface area contributed by atoms with Gasteiger partial charge in [0.15, 0.2) is 0 Å². The largest absolute Gasteiger partial charge is 0.378 e. The molecule has 3 atom stereocenters. The molecule has 0 aromatic heterocycles. The fraction of sp³-hybridized carbons (Fsp3) is 0.538. The number of benzene rings is 1. The third-order valence-corrected chi connectivity index (χ3v) is 4.53. The second kappa shape index (κ2) is 6.10. The van der Waals surface area contributed by atoms with Crippen molar-refractivity contribution in [3.8, 4) is 0 Å². The summed E-state index contributed by atoms with van der Waals surface area (Å²) in [7, 11) is 0. The zero-order valence-electron chi connectivity index (χ0n) is 10.3. The molecule has 0 aliphatic carbocycles. The molecule has 2 rings (SSSR count). The first-order valence-corrected chi connectivity index (χ1v) is 6.93. The number of halogens is 2. The van der Waals surface area contributed by atoms with E-state index in [2.05, 4.69) is 28.3 Å². The van der Waals surface area contributed by atoms with E-state index in [0.717, 1.165) is 18.6 Å². The van der Waals surface area contributed by atoms with Crippen LogP contribution in [0.2, 0.25) is 0 Å². The summed E-state index contributed by atoms with van der Waals surface area (Å²) in [5.74, 6) is 5.77. The van der Waals surface area contributed by atoms with E-state index in [0.29, 0.717) is 16.8 Å². The molecule has 0 amide bonds. The summed E-state index contributed by atoms with van der Waals surface area (Å²) >= 11 is 3.29. The van der Waals surface area contributed by atoms with Gasteiger partial charge in [0.2, 0.25) is 0 Å². The van der Waals surface area contributed by atoms with E-state index in [1.165, 1.54) is 6.07 Å². The Morgan fingerprint density at radius 1 is 1.61 bits per heavy atom. The third kappa shape index (κ3) is 2.91. The minimum absolute atomic E-state index is 0.0978. The molecule has 3 N–H and O–H groups in total. The van der Waals surface area contributed by atoms with E-state index in [-0.39, 0.29) is 18.0 Å². The lowest BCUT2D eigenvalue weighted by Crippen LogP contribution is -2.44. The van der Waals surface area contributed by atoms with Gasteiger partial charge < -0.3 is 4.74 Å². The van der Waals surface area contributed by atoms with Crippen molar-refractivity contribution in [3.05, 3.63) is 34.1 Å². The summed E-state index contributed by atoms with van der Waals surface area (Å²) in [5, 5.41) is 0. The highest BCUT2D eigenvalue weighted by atomic mass is 79.9. The SMILES string of the molecule is CC1OCCC1C(Cc1cccc(F)c1Br)NN. The molecule has 3 unspecified atom stereocenters. The van der Waals surface area contributed by atoms with Crippen LogP contribution >= 0.6 is 15.9 Å². The molecule has 1 aliphatic rings. The zero-order valence-corrected chi connectivity index (χ0v) is 11.9.